The average Bonchev–Trinajstić information content (AvgIpc) is 2.90. The van der Waals surface area contributed by atoms with Crippen molar-refractivity contribution >= 4 is 17.5 Å². The minimum atomic E-state index is -0.0702. The van der Waals surface area contributed by atoms with Gasteiger partial charge in [-0.1, -0.05) is 12.1 Å². The van der Waals surface area contributed by atoms with Crippen molar-refractivity contribution in [3.8, 4) is 5.75 Å². The summed E-state index contributed by atoms with van der Waals surface area (Å²) in [6.07, 6.45) is 2.72. The summed E-state index contributed by atoms with van der Waals surface area (Å²) >= 11 is 0. The van der Waals surface area contributed by atoms with Crippen molar-refractivity contribution in [1.29, 1.82) is 0 Å². The second-order valence-corrected chi connectivity index (χ2v) is 6.13. The molecule has 25 heavy (non-hydrogen) atoms. The van der Waals surface area contributed by atoms with Crippen molar-refractivity contribution in [2.45, 2.75) is 13.3 Å². The molecule has 0 bridgehead atoms. The van der Waals surface area contributed by atoms with Gasteiger partial charge in [0.2, 0.25) is 0 Å². The summed E-state index contributed by atoms with van der Waals surface area (Å²) < 4.78 is 5.24. The second-order valence-electron chi connectivity index (χ2n) is 6.13. The molecule has 0 saturated carbocycles. The first-order chi connectivity index (χ1) is 12.2. The molecule has 1 aliphatic heterocycles. The Hall–Kier alpha value is -2.76. The minimum absolute atomic E-state index is 0.0702. The standard InChI is InChI=1S/C19H24N4O2/c1-15-7-8-16(25-2)14-17(15)21-19(24)23-11-5-10-22(12-13-23)18-6-3-4-9-20-18/h3-4,6-9,14H,5,10-13H2,1-2H3,(H,21,24). The van der Waals surface area contributed by atoms with Crippen LogP contribution in [0.4, 0.5) is 16.3 Å². The number of urea groups is 1. The van der Waals surface area contributed by atoms with Crippen molar-refractivity contribution in [1.82, 2.24) is 9.88 Å². The number of aryl methyl sites for hydroxylation is 1. The number of benzene rings is 1. The van der Waals surface area contributed by atoms with Crippen LogP contribution < -0.4 is 15.0 Å². The number of amides is 2. The van der Waals surface area contributed by atoms with E-state index in [1.54, 1.807) is 13.3 Å². The third kappa shape index (κ3) is 4.21. The van der Waals surface area contributed by atoms with Crippen molar-refractivity contribution in [2.24, 2.45) is 0 Å². The van der Waals surface area contributed by atoms with Gasteiger partial charge in [-0.25, -0.2) is 9.78 Å². The molecule has 132 valence electrons. The van der Waals surface area contributed by atoms with Gasteiger partial charge in [0.1, 0.15) is 11.6 Å². The molecule has 3 rings (SSSR count). The molecule has 0 atom stereocenters. The van der Waals surface area contributed by atoms with Crippen LogP contribution in [0, 0.1) is 6.92 Å². The average molecular weight is 340 g/mol. The Balaban J connectivity index is 1.63. The largest absolute Gasteiger partial charge is 0.497 e. The Labute approximate surface area is 148 Å². The Kier molecular flexibility index (Phi) is 5.38. The zero-order chi connectivity index (χ0) is 17.6. The Bertz CT molecular complexity index is 721. The molecule has 6 nitrogen and oxygen atoms in total. The Morgan fingerprint density at radius 1 is 1.16 bits per heavy atom. The lowest BCUT2D eigenvalue weighted by Gasteiger charge is -2.23. The van der Waals surface area contributed by atoms with Crippen LogP contribution in [0.25, 0.3) is 0 Å². The summed E-state index contributed by atoms with van der Waals surface area (Å²) in [6.45, 7) is 5.06. The number of carbonyl (C=O) groups excluding carboxylic acids is 1. The van der Waals surface area contributed by atoms with Crippen LogP contribution in [0.2, 0.25) is 0 Å². The van der Waals surface area contributed by atoms with E-state index in [0.717, 1.165) is 48.9 Å². The van der Waals surface area contributed by atoms with Gasteiger partial charge in [0.05, 0.1) is 7.11 Å². The molecule has 1 saturated heterocycles. The second kappa shape index (κ2) is 7.88. The van der Waals surface area contributed by atoms with Crippen molar-refractivity contribution in [3.63, 3.8) is 0 Å². The summed E-state index contributed by atoms with van der Waals surface area (Å²) in [7, 11) is 1.62. The van der Waals surface area contributed by atoms with Gasteiger partial charge in [0.25, 0.3) is 0 Å². The number of methoxy groups -OCH3 is 1. The molecular formula is C19H24N4O2. The normalized spacial score (nSPS) is 14.8. The van der Waals surface area contributed by atoms with E-state index < -0.39 is 0 Å². The molecule has 2 amide bonds. The van der Waals surface area contributed by atoms with Crippen molar-refractivity contribution in [3.05, 3.63) is 48.2 Å². The van der Waals surface area contributed by atoms with Gasteiger partial charge >= 0.3 is 6.03 Å². The van der Waals surface area contributed by atoms with Crippen molar-refractivity contribution in [2.75, 3.05) is 43.5 Å². The highest BCUT2D eigenvalue weighted by molar-refractivity contribution is 5.90. The number of hydrogen-bond donors (Lipinski definition) is 1. The third-order valence-corrected chi connectivity index (χ3v) is 4.44. The van der Waals surface area contributed by atoms with E-state index in [9.17, 15) is 4.79 Å². The molecule has 1 fully saturated rings. The van der Waals surface area contributed by atoms with Crippen LogP contribution in [0.3, 0.4) is 0 Å². The maximum atomic E-state index is 12.7. The fourth-order valence-electron chi connectivity index (χ4n) is 2.95. The number of anilines is 2. The van der Waals surface area contributed by atoms with Gasteiger partial charge in [-0.2, -0.15) is 0 Å². The molecule has 0 spiro atoms. The summed E-state index contributed by atoms with van der Waals surface area (Å²) in [5.74, 6) is 1.70. The maximum Gasteiger partial charge on any atom is 0.321 e. The third-order valence-electron chi connectivity index (χ3n) is 4.44. The van der Waals surface area contributed by atoms with Crippen LogP contribution in [0.5, 0.6) is 5.75 Å². The van der Waals surface area contributed by atoms with E-state index >= 15 is 0 Å². The molecule has 2 heterocycles. The van der Waals surface area contributed by atoms with Crippen molar-refractivity contribution < 1.29 is 9.53 Å². The number of nitrogens with one attached hydrogen (secondary N) is 1. The fraction of sp³-hybridized carbons (Fsp3) is 0.368. The van der Waals surface area contributed by atoms with E-state index in [1.807, 2.05) is 48.2 Å². The number of carbonyl (C=O) groups is 1. The van der Waals surface area contributed by atoms with Gasteiger partial charge in [0, 0.05) is 44.1 Å². The zero-order valence-electron chi connectivity index (χ0n) is 14.7. The SMILES string of the molecule is COc1ccc(C)c(NC(=O)N2CCCN(c3ccccn3)CC2)c1. The molecule has 1 N–H and O–H groups in total. The van der Waals surface area contributed by atoms with E-state index in [-0.39, 0.29) is 6.03 Å². The molecule has 2 aromatic rings. The first-order valence-electron chi connectivity index (χ1n) is 8.54. The molecule has 0 radical (unpaired) electrons. The summed E-state index contributed by atoms with van der Waals surface area (Å²) in [6, 6.07) is 11.5. The molecular weight excluding hydrogens is 316 g/mol. The first-order valence-corrected chi connectivity index (χ1v) is 8.54. The number of rotatable bonds is 3. The summed E-state index contributed by atoms with van der Waals surface area (Å²) in [5, 5.41) is 3.01. The van der Waals surface area contributed by atoms with E-state index in [4.69, 9.17) is 4.74 Å². The Morgan fingerprint density at radius 3 is 2.80 bits per heavy atom. The number of pyridine rings is 1. The predicted octanol–water partition coefficient (Wildman–Crippen LogP) is 3.14. The number of ether oxygens (including phenoxy) is 1. The molecule has 1 aromatic carbocycles. The van der Waals surface area contributed by atoms with Crippen LogP contribution >= 0.6 is 0 Å². The first kappa shape index (κ1) is 17.1. The number of aromatic nitrogens is 1. The molecule has 0 aliphatic carbocycles. The van der Waals surface area contributed by atoms with E-state index in [2.05, 4.69) is 15.2 Å². The number of nitrogens with zero attached hydrogens (tertiary/aromatic N) is 3. The Morgan fingerprint density at radius 2 is 2.04 bits per heavy atom. The lowest BCUT2D eigenvalue weighted by Crippen LogP contribution is -2.38. The highest BCUT2D eigenvalue weighted by Gasteiger charge is 2.20. The highest BCUT2D eigenvalue weighted by Crippen LogP contribution is 2.22. The topological polar surface area (TPSA) is 57.7 Å². The van der Waals surface area contributed by atoms with Crippen LogP contribution in [-0.4, -0.2) is 49.2 Å². The smallest absolute Gasteiger partial charge is 0.321 e. The van der Waals surface area contributed by atoms with Gasteiger partial charge in [-0.3, -0.25) is 0 Å². The maximum absolute atomic E-state index is 12.7. The predicted molar refractivity (Wildman–Crippen MR) is 99.4 cm³/mol. The minimum Gasteiger partial charge on any atom is -0.497 e. The lowest BCUT2D eigenvalue weighted by molar-refractivity contribution is 0.215. The van der Waals surface area contributed by atoms with Gasteiger partial charge in [-0.15, -0.1) is 0 Å². The van der Waals surface area contributed by atoms with E-state index in [1.165, 1.54) is 0 Å². The highest BCUT2D eigenvalue weighted by atomic mass is 16.5. The molecule has 0 unspecified atom stereocenters. The van der Waals surface area contributed by atoms with Crippen LogP contribution in [-0.2, 0) is 0 Å². The molecule has 1 aliphatic rings. The number of hydrogen-bond acceptors (Lipinski definition) is 4. The van der Waals surface area contributed by atoms with Crippen LogP contribution in [0.1, 0.15) is 12.0 Å². The fourth-order valence-corrected chi connectivity index (χ4v) is 2.95. The molecule has 6 heteroatoms. The quantitative estimate of drug-likeness (QED) is 0.932. The van der Waals surface area contributed by atoms with E-state index in [0.29, 0.717) is 6.54 Å². The zero-order valence-corrected chi connectivity index (χ0v) is 14.7. The van der Waals surface area contributed by atoms with Gasteiger partial charge in [0.15, 0.2) is 0 Å². The molecule has 1 aromatic heterocycles. The summed E-state index contributed by atoms with van der Waals surface area (Å²) in [4.78, 5) is 21.1. The summed E-state index contributed by atoms with van der Waals surface area (Å²) in [5.41, 5.74) is 1.80. The monoisotopic (exact) mass is 340 g/mol. The van der Waals surface area contributed by atoms with Gasteiger partial charge in [-0.05, 0) is 37.1 Å². The lowest BCUT2D eigenvalue weighted by atomic mass is 10.2. The van der Waals surface area contributed by atoms with Gasteiger partial charge < -0.3 is 19.9 Å². The van der Waals surface area contributed by atoms with Crippen LogP contribution in [0.15, 0.2) is 42.6 Å².